The zero-order valence-electron chi connectivity index (χ0n) is 17.6. The third-order valence-electron chi connectivity index (χ3n) is 5.51. The van der Waals surface area contributed by atoms with Gasteiger partial charge in [0.1, 0.15) is 17.2 Å². The summed E-state index contributed by atoms with van der Waals surface area (Å²) in [6.07, 6.45) is 0. The molecule has 2 N–H and O–H groups in total. The number of phenolic OH excluding ortho intramolecular Hbond substituents is 2. The van der Waals surface area contributed by atoms with Crippen LogP contribution in [0, 0.1) is 6.92 Å². The van der Waals surface area contributed by atoms with Crippen molar-refractivity contribution in [3.05, 3.63) is 109 Å². The molecule has 0 aliphatic heterocycles. The lowest BCUT2D eigenvalue weighted by Crippen LogP contribution is -1.99. The topological polar surface area (TPSA) is 58.3 Å². The SMILES string of the molecule is Cc1ccc(-n2nc(-c3ccc(O)cc3)c(-c3ccccc3)c2-c2ccc(O)cc2)cc1. The van der Waals surface area contributed by atoms with Gasteiger partial charge in [-0.1, -0.05) is 48.0 Å². The summed E-state index contributed by atoms with van der Waals surface area (Å²) in [5.41, 5.74) is 7.75. The van der Waals surface area contributed by atoms with E-state index in [1.54, 1.807) is 24.3 Å². The summed E-state index contributed by atoms with van der Waals surface area (Å²) in [5, 5.41) is 24.7. The highest BCUT2D eigenvalue weighted by molar-refractivity contribution is 5.92. The van der Waals surface area contributed by atoms with Crippen LogP contribution in [0.4, 0.5) is 0 Å². The molecule has 0 aliphatic rings. The fourth-order valence-electron chi connectivity index (χ4n) is 3.88. The molecule has 1 aromatic heterocycles. The minimum atomic E-state index is 0.215. The Kier molecular flexibility index (Phi) is 4.96. The maximum atomic E-state index is 9.87. The molecular weight excluding hydrogens is 396 g/mol. The summed E-state index contributed by atoms with van der Waals surface area (Å²) in [4.78, 5) is 0. The van der Waals surface area contributed by atoms with Crippen LogP contribution in [0.3, 0.4) is 0 Å². The monoisotopic (exact) mass is 418 g/mol. The van der Waals surface area contributed by atoms with Crippen LogP contribution in [0.25, 0.3) is 39.3 Å². The molecule has 1 heterocycles. The van der Waals surface area contributed by atoms with Crippen LogP contribution in [0.5, 0.6) is 11.5 Å². The highest BCUT2D eigenvalue weighted by Gasteiger charge is 2.23. The molecule has 0 saturated carbocycles. The normalized spacial score (nSPS) is 10.9. The number of aryl methyl sites for hydroxylation is 1. The summed E-state index contributed by atoms with van der Waals surface area (Å²) < 4.78 is 1.95. The van der Waals surface area contributed by atoms with Crippen LogP contribution < -0.4 is 0 Å². The van der Waals surface area contributed by atoms with E-state index in [0.717, 1.165) is 39.3 Å². The molecule has 5 aromatic rings. The Balaban J connectivity index is 1.86. The molecule has 156 valence electrons. The van der Waals surface area contributed by atoms with Gasteiger partial charge >= 0.3 is 0 Å². The first-order valence-electron chi connectivity index (χ1n) is 10.4. The Bertz CT molecular complexity index is 1350. The number of benzene rings is 4. The van der Waals surface area contributed by atoms with Gasteiger partial charge in [-0.3, -0.25) is 0 Å². The Morgan fingerprint density at radius 3 is 1.75 bits per heavy atom. The zero-order chi connectivity index (χ0) is 22.1. The second-order valence-corrected chi connectivity index (χ2v) is 7.78. The zero-order valence-corrected chi connectivity index (χ0v) is 17.6. The molecule has 4 heteroatoms. The Labute approximate surface area is 186 Å². The first-order valence-corrected chi connectivity index (χ1v) is 10.4. The van der Waals surface area contributed by atoms with Crippen molar-refractivity contribution >= 4 is 0 Å². The Hall–Kier alpha value is -4.31. The third kappa shape index (κ3) is 3.63. The van der Waals surface area contributed by atoms with E-state index in [9.17, 15) is 10.2 Å². The fourth-order valence-corrected chi connectivity index (χ4v) is 3.88. The molecule has 32 heavy (non-hydrogen) atoms. The maximum absolute atomic E-state index is 9.87. The lowest BCUT2D eigenvalue weighted by atomic mass is 9.95. The Morgan fingerprint density at radius 1 is 0.594 bits per heavy atom. The predicted molar refractivity (Wildman–Crippen MR) is 128 cm³/mol. The minimum absolute atomic E-state index is 0.215. The second kappa shape index (κ2) is 8.08. The molecule has 0 aliphatic carbocycles. The van der Waals surface area contributed by atoms with E-state index in [2.05, 4.69) is 43.3 Å². The number of aromatic hydroxyl groups is 2. The van der Waals surface area contributed by atoms with Gasteiger partial charge in [0.15, 0.2) is 0 Å². The van der Waals surface area contributed by atoms with E-state index in [-0.39, 0.29) is 11.5 Å². The van der Waals surface area contributed by atoms with Crippen molar-refractivity contribution in [1.29, 1.82) is 0 Å². The van der Waals surface area contributed by atoms with Crippen LogP contribution in [-0.4, -0.2) is 20.0 Å². The van der Waals surface area contributed by atoms with Crippen molar-refractivity contribution in [3.8, 4) is 50.8 Å². The largest absolute Gasteiger partial charge is 0.508 e. The summed E-state index contributed by atoms with van der Waals surface area (Å²) in [6.45, 7) is 2.06. The summed E-state index contributed by atoms with van der Waals surface area (Å²) in [6, 6.07) is 32.7. The van der Waals surface area contributed by atoms with E-state index in [1.807, 2.05) is 47.1 Å². The molecule has 0 unspecified atom stereocenters. The van der Waals surface area contributed by atoms with Gasteiger partial charge in [-0.15, -0.1) is 0 Å². The van der Waals surface area contributed by atoms with Crippen LogP contribution in [-0.2, 0) is 0 Å². The van der Waals surface area contributed by atoms with Crippen molar-refractivity contribution in [2.75, 3.05) is 0 Å². The van der Waals surface area contributed by atoms with Crippen molar-refractivity contribution in [2.45, 2.75) is 6.92 Å². The molecule has 0 amide bonds. The molecule has 0 radical (unpaired) electrons. The molecule has 0 spiro atoms. The fraction of sp³-hybridized carbons (Fsp3) is 0.0357. The third-order valence-corrected chi connectivity index (χ3v) is 5.51. The van der Waals surface area contributed by atoms with Crippen LogP contribution in [0.15, 0.2) is 103 Å². The van der Waals surface area contributed by atoms with Crippen LogP contribution in [0.2, 0.25) is 0 Å². The number of hydrogen-bond donors (Lipinski definition) is 2. The lowest BCUT2D eigenvalue weighted by Gasteiger charge is -2.11. The summed E-state index contributed by atoms with van der Waals surface area (Å²) >= 11 is 0. The molecule has 4 nitrogen and oxygen atoms in total. The van der Waals surface area contributed by atoms with Crippen LogP contribution in [0.1, 0.15) is 5.56 Å². The van der Waals surface area contributed by atoms with E-state index < -0.39 is 0 Å². The molecule has 0 atom stereocenters. The van der Waals surface area contributed by atoms with Gasteiger partial charge in [-0.05, 0) is 73.2 Å². The average molecular weight is 418 g/mol. The number of aromatic nitrogens is 2. The lowest BCUT2D eigenvalue weighted by molar-refractivity contribution is 0.475. The molecule has 0 bridgehead atoms. The molecule has 0 saturated heterocycles. The average Bonchev–Trinajstić information content (AvgIpc) is 3.22. The summed E-state index contributed by atoms with van der Waals surface area (Å²) in [7, 11) is 0. The highest BCUT2D eigenvalue weighted by atomic mass is 16.3. The molecular formula is C28H22N2O2. The second-order valence-electron chi connectivity index (χ2n) is 7.78. The number of hydrogen-bond acceptors (Lipinski definition) is 3. The molecule has 0 fully saturated rings. The van der Waals surface area contributed by atoms with Gasteiger partial charge in [0.25, 0.3) is 0 Å². The predicted octanol–water partition coefficient (Wildman–Crippen LogP) is 6.59. The van der Waals surface area contributed by atoms with Gasteiger partial charge in [-0.25, -0.2) is 4.68 Å². The van der Waals surface area contributed by atoms with Crippen molar-refractivity contribution in [1.82, 2.24) is 9.78 Å². The molecule has 4 aromatic carbocycles. The van der Waals surface area contributed by atoms with Gasteiger partial charge in [0, 0.05) is 16.7 Å². The first-order chi connectivity index (χ1) is 15.6. The van der Waals surface area contributed by atoms with E-state index in [0.29, 0.717) is 0 Å². The standard InChI is InChI=1S/C28H22N2O2/c1-19-7-13-23(14-8-19)30-28(22-11-17-25(32)18-12-22)26(20-5-3-2-4-6-20)27(29-30)21-9-15-24(31)16-10-21/h2-18,31-32H,1H3. The van der Waals surface area contributed by atoms with Crippen molar-refractivity contribution in [2.24, 2.45) is 0 Å². The van der Waals surface area contributed by atoms with Gasteiger partial charge < -0.3 is 10.2 Å². The number of rotatable bonds is 4. The van der Waals surface area contributed by atoms with E-state index in [1.165, 1.54) is 5.56 Å². The minimum Gasteiger partial charge on any atom is -0.508 e. The maximum Gasteiger partial charge on any atom is 0.115 e. The smallest absolute Gasteiger partial charge is 0.115 e. The first kappa shape index (κ1) is 19.6. The summed E-state index contributed by atoms with van der Waals surface area (Å²) in [5.74, 6) is 0.432. The quantitative estimate of drug-likeness (QED) is 0.346. The van der Waals surface area contributed by atoms with E-state index in [4.69, 9.17) is 5.10 Å². The Morgan fingerprint density at radius 2 is 1.16 bits per heavy atom. The van der Waals surface area contributed by atoms with Gasteiger partial charge in [0.05, 0.1) is 11.4 Å². The van der Waals surface area contributed by atoms with Crippen molar-refractivity contribution in [3.63, 3.8) is 0 Å². The molecule has 5 rings (SSSR count). The number of nitrogens with zero attached hydrogens (tertiary/aromatic N) is 2. The van der Waals surface area contributed by atoms with Gasteiger partial charge in [-0.2, -0.15) is 5.10 Å². The van der Waals surface area contributed by atoms with E-state index >= 15 is 0 Å². The van der Waals surface area contributed by atoms with Gasteiger partial charge in [0.2, 0.25) is 0 Å². The van der Waals surface area contributed by atoms with Crippen LogP contribution >= 0.6 is 0 Å². The van der Waals surface area contributed by atoms with Crippen molar-refractivity contribution < 1.29 is 10.2 Å². The number of phenols is 2. The highest BCUT2D eigenvalue weighted by Crippen LogP contribution is 2.41.